The van der Waals surface area contributed by atoms with Crippen LogP contribution in [0, 0.1) is 0 Å². The number of carbonyl (C=O) groups is 3. The number of hydrogen-bond donors (Lipinski definition) is 2. The molecule has 0 radical (unpaired) electrons. The Bertz CT molecular complexity index is 1240. The normalized spacial score (nSPS) is 10.5. The van der Waals surface area contributed by atoms with E-state index in [9.17, 15) is 14.4 Å². The first kappa shape index (κ1) is 25.3. The molecule has 0 saturated carbocycles. The standard InChI is InChI=1S/C25H22ClN3O6/c1-3-34-18-11-9-17(10-12-18)25(32)35-21-13-8-16(14-22(21)33-2)15-27-29-24(31)23(30)28-20-7-5-4-6-19(20)26/h4-15H,3H2,1-2H3,(H,28,30)(H,29,31). The van der Waals surface area contributed by atoms with Crippen molar-refractivity contribution in [2.75, 3.05) is 19.0 Å². The summed E-state index contributed by atoms with van der Waals surface area (Å²) in [7, 11) is 1.42. The van der Waals surface area contributed by atoms with Gasteiger partial charge in [-0.05, 0) is 67.1 Å². The molecular weight excluding hydrogens is 474 g/mol. The van der Waals surface area contributed by atoms with Gasteiger partial charge >= 0.3 is 17.8 Å². The van der Waals surface area contributed by atoms with Gasteiger partial charge in [0, 0.05) is 0 Å². The molecule has 2 N–H and O–H groups in total. The van der Waals surface area contributed by atoms with Crippen molar-refractivity contribution >= 4 is 41.3 Å². The molecule has 0 aliphatic rings. The molecule has 0 aliphatic carbocycles. The second-order valence-corrected chi connectivity index (χ2v) is 7.30. The minimum absolute atomic E-state index is 0.201. The maximum atomic E-state index is 12.5. The Kier molecular flexibility index (Phi) is 8.80. The van der Waals surface area contributed by atoms with Crippen molar-refractivity contribution in [2.45, 2.75) is 6.92 Å². The molecule has 10 heteroatoms. The van der Waals surface area contributed by atoms with Crippen molar-refractivity contribution in [3.8, 4) is 17.2 Å². The first-order chi connectivity index (χ1) is 16.9. The lowest BCUT2D eigenvalue weighted by Crippen LogP contribution is -2.32. The number of nitrogens with one attached hydrogen (secondary N) is 2. The van der Waals surface area contributed by atoms with Gasteiger partial charge in [0.1, 0.15) is 5.75 Å². The van der Waals surface area contributed by atoms with Crippen LogP contribution in [0.2, 0.25) is 5.02 Å². The molecule has 0 saturated heterocycles. The Balaban J connectivity index is 1.60. The largest absolute Gasteiger partial charge is 0.494 e. The van der Waals surface area contributed by atoms with Crippen molar-refractivity contribution in [1.29, 1.82) is 0 Å². The number of hydrogen-bond acceptors (Lipinski definition) is 7. The van der Waals surface area contributed by atoms with Crippen LogP contribution in [0.1, 0.15) is 22.8 Å². The number of methoxy groups -OCH3 is 1. The minimum atomic E-state index is -0.978. The summed E-state index contributed by atoms with van der Waals surface area (Å²) in [6, 6.07) is 17.8. The van der Waals surface area contributed by atoms with Crippen molar-refractivity contribution in [3.63, 3.8) is 0 Å². The number of amides is 2. The summed E-state index contributed by atoms with van der Waals surface area (Å²) in [6.45, 7) is 2.39. The van der Waals surface area contributed by atoms with Crippen LogP contribution in [-0.2, 0) is 9.59 Å². The fourth-order valence-electron chi connectivity index (χ4n) is 2.82. The van der Waals surface area contributed by atoms with Crippen LogP contribution < -0.4 is 25.0 Å². The van der Waals surface area contributed by atoms with Crippen molar-refractivity contribution in [2.24, 2.45) is 5.10 Å². The van der Waals surface area contributed by atoms with Crippen LogP contribution in [0.5, 0.6) is 17.2 Å². The Morgan fingerprint density at radius 2 is 1.71 bits per heavy atom. The number of rotatable bonds is 8. The van der Waals surface area contributed by atoms with E-state index in [0.29, 0.717) is 34.2 Å². The van der Waals surface area contributed by atoms with Crippen LogP contribution in [0.15, 0.2) is 71.8 Å². The van der Waals surface area contributed by atoms with Gasteiger partial charge in [0.2, 0.25) is 0 Å². The smallest absolute Gasteiger partial charge is 0.343 e. The monoisotopic (exact) mass is 495 g/mol. The van der Waals surface area contributed by atoms with Crippen molar-refractivity contribution < 1.29 is 28.6 Å². The number of carbonyl (C=O) groups excluding carboxylic acids is 3. The van der Waals surface area contributed by atoms with Gasteiger partial charge in [-0.1, -0.05) is 23.7 Å². The molecule has 3 aromatic carbocycles. The van der Waals surface area contributed by atoms with Gasteiger partial charge in [-0.3, -0.25) is 9.59 Å². The number of esters is 1. The van der Waals surface area contributed by atoms with E-state index in [2.05, 4.69) is 15.8 Å². The van der Waals surface area contributed by atoms with Crippen LogP contribution in [0.3, 0.4) is 0 Å². The molecule has 0 heterocycles. The summed E-state index contributed by atoms with van der Waals surface area (Å²) in [5.41, 5.74) is 3.30. The summed E-state index contributed by atoms with van der Waals surface area (Å²) in [5, 5.41) is 6.46. The topological polar surface area (TPSA) is 115 Å². The van der Waals surface area contributed by atoms with E-state index in [1.165, 1.54) is 19.4 Å². The summed E-state index contributed by atoms with van der Waals surface area (Å²) in [5.74, 6) is -1.34. The zero-order valence-corrected chi connectivity index (χ0v) is 19.7. The first-order valence-electron chi connectivity index (χ1n) is 10.4. The highest BCUT2D eigenvalue weighted by molar-refractivity contribution is 6.41. The van der Waals surface area contributed by atoms with E-state index in [-0.39, 0.29) is 11.5 Å². The fourth-order valence-corrected chi connectivity index (χ4v) is 3.00. The molecular formula is C25H22ClN3O6. The van der Waals surface area contributed by atoms with Gasteiger partial charge < -0.3 is 19.5 Å². The molecule has 3 aromatic rings. The van der Waals surface area contributed by atoms with Gasteiger partial charge in [0.25, 0.3) is 0 Å². The number of para-hydroxylation sites is 1. The predicted molar refractivity (Wildman–Crippen MR) is 131 cm³/mol. The van der Waals surface area contributed by atoms with Crippen molar-refractivity contribution in [1.82, 2.24) is 5.43 Å². The Morgan fingerprint density at radius 3 is 2.40 bits per heavy atom. The molecule has 9 nitrogen and oxygen atoms in total. The molecule has 35 heavy (non-hydrogen) atoms. The summed E-state index contributed by atoms with van der Waals surface area (Å²) in [4.78, 5) is 36.4. The molecule has 0 aromatic heterocycles. The van der Waals surface area contributed by atoms with E-state index >= 15 is 0 Å². The van der Waals surface area contributed by atoms with E-state index in [1.807, 2.05) is 6.92 Å². The quantitative estimate of drug-likeness (QED) is 0.160. The Morgan fingerprint density at radius 1 is 0.971 bits per heavy atom. The average Bonchev–Trinajstić information content (AvgIpc) is 2.86. The van der Waals surface area contributed by atoms with Gasteiger partial charge in [-0.2, -0.15) is 5.10 Å². The first-order valence-corrected chi connectivity index (χ1v) is 10.8. The number of hydrazone groups is 1. The lowest BCUT2D eigenvalue weighted by molar-refractivity contribution is -0.136. The highest BCUT2D eigenvalue weighted by Crippen LogP contribution is 2.28. The van der Waals surface area contributed by atoms with Gasteiger partial charge in [0.05, 0.1) is 36.2 Å². The maximum absolute atomic E-state index is 12.5. The predicted octanol–water partition coefficient (Wildman–Crippen LogP) is 4.06. The van der Waals surface area contributed by atoms with Crippen LogP contribution >= 0.6 is 11.6 Å². The second kappa shape index (κ2) is 12.2. The van der Waals surface area contributed by atoms with E-state index in [0.717, 1.165) is 0 Å². The van der Waals surface area contributed by atoms with Gasteiger partial charge in [0.15, 0.2) is 11.5 Å². The van der Waals surface area contributed by atoms with Crippen molar-refractivity contribution in [3.05, 3.63) is 82.9 Å². The molecule has 0 spiro atoms. The van der Waals surface area contributed by atoms with Crippen LogP contribution in [-0.4, -0.2) is 37.7 Å². The second-order valence-electron chi connectivity index (χ2n) is 6.89. The summed E-state index contributed by atoms with van der Waals surface area (Å²) >= 11 is 5.96. The third-order valence-electron chi connectivity index (χ3n) is 4.50. The lowest BCUT2D eigenvalue weighted by Gasteiger charge is -2.10. The maximum Gasteiger partial charge on any atom is 0.343 e. The van der Waals surface area contributed by atoms with E-state index in [4.69, 9.17) is 25.8 Å². The average molecular weight is 496 g/mol. The number of anilines is 1. The summed E-state index contributed by atoms with van der Waals surface area (Å²) in [6.07, 6.45) is 1.31. The number of ether oxygens (including phenoxy) is 3. The molecule has 0 unspecified atom stereocenters. The zero-order chi connectivity index (χ0) is 25.2. The highest BCUT2D eigenvalue weighted by atomic mass is 35.5. The molecule has 0 aliphatic heterocycles. The van der Waals surface area contributed by atoms with Gasteiger partial charge in [-0.15, -0.1) is 0 Å². The third-order valence-corrected chi connectivity index (χ3v) is 4.83. The fraction of sp³-hybridized carbons (Fsp3) is 0.120. The Labute approximate surface area is 206 Å². The third kappa shape index (κ3) is 7.05. The van der Waals surface area contributed by atoms with Crippen LogP contribution in [0.4, 0.5) is 5.69 Å². The highest BCUT2D eigenvalue weighted by Gasteiger charge is 2.15. The number of benzene rings is 3. The van der Waals surface area contributed by atoms with E-state index in [1.54, 1.807) is 60.7 Å². The Hall–Kier alpha value is -4.37. The zero-order valence-electron chi connectivity index (χ0n) is 18.9. The SMILES string of the molecule is CCOc1ccc(C(=O)Oc2ccc(C=NNC(=O)C(=O)Nc3ccccc3Cl)cc2OC)cc1. The molecule has 2 amide bonds. The minimum Gasteiger partial charge on any atom is -0.494 e. The van der Waals surface area contributed by atoms with E-state index < -0.39 is 17.8 Å². The summed E-state index contributed by atoms with van der Waals surface area (Å²) < 4.78 is 16.1. The molecule has 3 rings (SSSR count). The number of nitrogens with zero attached hydrogens (tertiary/aromatic N) is 1. The van der Waals surface area contributed by atoms with Gasteiger partial charge in [-0.25, -0.2) is 10.2 Å². The van der Waals surface area contributed by atoms with Crippen LogP contribution in [0.25, 0.3) is 0 Å². The number of halogens is 1. The molecule has 0 bridgehead atoms. The molecule has 180 valence electrons. The molecule has 0 fully saturated rings. The lowest BCUT2D eigenvalue weighted by atomic mass is 10.2. The molecule has 0 atom stereocenters.